The van der Waals surface area contributed by atoms with Crippen LogP contribution in [0.25, 0.3) is 0 Å². The Labute approximate surface area is 198 Å². The molecule has 35 heavy (non-hydrogen) atoms. The molecule has 0 aliphatic carbocycles. The summed E-state index contributed by atoms with van der Waals surface area (Å²) >= 11 is 0. The molecule has 2 heterocycles. The number of benzene rings is 2. The Morgan fingerprint density at radius 2 is 1.74 bits per heavy atom. The largest absolute Gasteiger partial charge is 0.416 e. The quantitative estimate of drug-likeness (QED) is 0.664. The van der Waals surface area contributed by atoms with Gasteiger partial charge in [-0.25, -0.2) is 19.2 Å². The van der Waals surface area contributed by atoms with E-state index < -0.39 is 35.7 Å². The van der Waals surface area contributed by atoms with E-state index in [1.807, 2.05) is 0 Å². The molecule has 2 fully saturated rings. The fourth-order valence-electron chi connectivity index (χ4n) is 4.17. The lowest BCUT2D eigenvalue weighted by Gasteiger charge is -2.51. The number of halogens is 4. The maximum Gasteiger partial charge on any atom is 0.416 e. The summed E-state index contributed by atoms with van der Waals surface area (Å²) in [5.74, 6) is -1.17. The zero-order valence-electron chi connectivity index (χ0n) is 18.8. The Bertz CT molecular complexity index is 1120. The molecule has 0 spiro atoms. The van der Waals surface area contributed by atoms with Crippen LogP contribution in [0.15, 0.2) is 48.5 Å². The van der Waals surface area contributed by atoms with E-state index in [-0.39, 0.29) is 44.2 Å². The highest BCUT2D eigenvalue weighted by Crippen LogP contribution is 2.30. The maximum atomic E-state index is 13.1. The van der Waals surface area contributed by atoms with E-state index in [1.165, 1.54) is 56.2 Å². The zero-order valence-corrected chi connectivity index (χ0v) is 18.8. The molecule has 0 saturated carbocycles. The average molecular weight is 493 g/mol. The minimum absolute atomic E-state index is 0.0743. The molecule has 2 aromatic carbocycles. The third kappa shape index (κ3) is 5.37. The van der Waals surface area contributed by atoms with Crippen LogP contribution >= 0.6 is 0 Å². The van der Waals surface area contributed by atoms with Gasteiger partial charge in [0, 0.05) is 20.1 Å². The van der Waals surface area contributed by atoms with Crippen molar-refractivity contribution in [1.82, 2.24) is 25.1 Å². The standard InChI is InChI=1S/C23H23F4N5O3/c1-29-13-21(34)31-14-20(33)30(11-16-3-2-4-17(9-16)23(25,26)27)12-19(31)32(29)22(35)28-10-15-5-7-18(24)8-6-15/h2-9,19H,10-14H2,1H3,(H,28,35). The van der Waals surface area contributed by atoms with Gasteiger partial charge in [-0.3, -0.25) is 9.59 Å². The lowest BCUT2D eigenvalue weighted by molar-refractivity contribution is -0.178. The summed E-state index contributed by atoms with van der Waals surface area (Å²) in [6, 6.07) is 9.75. The number of amides is 4. The first-order valence-electron chi connectivity index (χ1n) is 10.8. The van der Waals surface area contributed by atoms with Gasteiger partial charge in [0.25, 0.3) is 0 Å². The molecule has 2 aliphatic rings. The van der Waals surface area contributed by atoms with Crippen molar-refractivity contribution in [2.24, 2.45) is 0 Å². The Kier molecular flexibility index (Phi) is 6.66. The first-order valence-corrected chi connectivity index (χ1v) is 10.8. The third-order valence-electron chi connectivity index (χ3n) is 5.93. The molecule has 0 aromatic heterocycles. The van der Waals surface area contributed by atoms with Crippen LogP contribution in [-0.4, -0.2) is 70.5 Å². The van der Waals surface area contributed by atoms with Crippen LogP contribution in [0, 0.1) is 5.82 Å². The minimum atomic E-state index is -4.52. The number of nitrogens with zero attached hydrogens (tertiary/aromatic N) is 4. The molecular formula is C23H23F4N5O3. The fraction of sp³-hybridized carbons (Fsp3) is 0.348. The molecule has 12 heteroatoms. The van der Waals surface area contributed by atoms with Gasteiger partial charge in [-0.2, -0.15) is 13.2 Å². The highest BCUT2D eigenvalue weighted by molar-refractivity contribution is 5.89. The van der Waals surface area contributed by atoms with Gasteiger partial charge >= 0.3 is 12.2 Å². The lowest BCUT2D eigenvalue weighted by Crippen LogP contribution is -2.73. The summed E-state index contributed by atoms with van der Waals surface area (Å²) in [4.78, 5) is 41.0. The number of urea groups is 1. The molecule has 4 amide bonds. The fourth-order valence-corrected chi connectivity index (χ4v) is 4.17. The van der Waals surface area contributed by atoms with E-state index in [0.717, 1.165) is 12.1 Å². The van der Waals surface area contributed by atoms with Crippen LogP contribution in [0.5, 0.6) is 0 Å². The van der Waals surface area contributed by atoms with Gasteiger partial charge in [0.1, 0.15) is 18.5 Å². The molecule has 0 radical (unpaired) electrons. The minimum Gasteiger partial charge on any atom is -0.333 e. The van der Waals surface area contributed by atoms with Crippen molar-refractivity contribution >= 4 is 17.8 Å². The van der Waals surface area contributed by atoms with Gasteiger partial charge in [0.15, 0.2) is 0 Å². The highest BCUT2D eigenvalue weighted by atomic mass is 19.4. The molecule has 1 unspecified atom stereocenters. The zero-order chi connectivity index (χ0) is 25.3. The van der Waals surface area contributed by atoms with Crippen molar-refractivity contribution in [2.45, 2.75) is 25.4 Å². The van der Waals surface area contributed by atoms with Gasteiger partial charge in [-0.15, -0.1) is 0 Å². The van der Waals surface area contributed by atoms with Gasteiger partial charge in [-0.1, -0.05) is 24.3 Å². The Balaban J connectivity index is 1.50. The molecule has 4 rings (SSSR count). The predicted octanol–water partition coefficient (Wildman–Crippen LogP) is 2.41. The molecule has 2 aromatic rings. The molecule has 186 valence electrons. The van der Waals surface area contributed by atoms with E-state index in [4.69, 9.17) is 0 Å². The molecule has 1 N–H and O–H groups in total. The summed E-state index contributed by atoms with van der Waals surface area (Å²) in [5, 5.41) is 5.47. The SMILES string of the molecule is CN1CC(=O)N2CC(=O)N(Cc3cccc(C(F)(F)F)c3)CC2N1C(=O)NCc1ccc(F)cc1. The number of hydrogen-bond donors (Lipinski definition) is 1. The van der Waals surface area contributed by atoms with Crippen molar-refractivity contribution in [1.29, 1.82) is 0 Å². The second-order valence-electron chi connectivity index (χ2n) is 8.42. The van der Waals surface area contributed by atoms with E-state index in [2.05, 4.69) is 5.32 Å². The first kappa shape index (κ1) is 24.5. The summed E-state index contributed by atoms with van der Waals surface area (Å²) in [7, 11) is 1.56. The van der Waals surface area contributed by atoms with Crippen molar-refractivity contribution in [3.8, 4) is 0 Å². The van der Waals surface area contributed by atoms with E-state index in [0.29, 0.717) is 5.56 Å². The Morgan fingerprint density at radius 1 is 1.03 bits per heavy atom. The van der Waals surface area contributed by atoms with Crippen LogP contribution in [0.2, 0.25) is 0 Å². The topological polar surface area (TPSA) is 76.2 Å². The number of nitrogens with one attached hydrogen (secondary N) is 1. The van der Waals surface area contributed by atoms with E-state index in [9.17, 15) is 31.9 Å². The Morgan fingerprint density at radius 3 is 2.43 bits per heavy atom. The number of carbonyl (C=O) groups excluding carboxylic acids is 3. The first-order chi connectivity index (χ1) is 16.5. The van der Waals surface area contributed by atoms with Gasteiger partial charge in [0.05, 0.1) is 18.7 Å². The number of rotatable bonds is 4. The Hall–Kier alpha value is -3.67. The average Bonchev–Trinajstić information content (AvgIpc) is 2.79. The number of alkyl halides is 3. The second kappa shape index (κ2) is 9.53. The predicted molar refractivity (Wildman–Crippen MR) is 115 cm³/mol. The number of carbonyl (C=O) groups is 3. The highest BCUT2D eigenvalue weighted by Gasteiger charge is 2.45. The van der Waals surface area contributed by atoms with Gasteiger partial charge in [0.2, 0.25) is 11.8 Å². The van der Waals surface area contributed by atoms with Gasteiger partial charge in [-0.05, 0) is 35.4 Å². The smallest absolute Gasteiger partial charge is 0.333 e. The summed E-state index contributed by atoms with van der Waals surface area (Å²) in [6.07, 6.45) is -5.35. The monoisotopic (exact) mass is 493 g/mol. The number of hydrazine groups is 1. The van der Waals surface area contributed by atoms with Gasteiger partial charge < -0.3 is 15.1 Å². The van der Waals surface area contributed by atoms with Crippen LogP contribution in [0.3, 0.4) is 0 Å². The lowest BCUT2D eigenvalue weighted by atomic mass is 10.1. The normalized spacial score (nSPS) is 19.1. The van der Waals surface area contributed by atoms with Crippen LogP contribution in [0.1, 0.15) is 16.7 Å². The third-order valence-corrected chi connectivity index (χ3v) is 5.93. The molecule has 2 saturated heterocycles. The van der Waals surface area contributed by atoms with E-state index in [1.54, 1.807) is 7.05 Å². The number of likely N-dealkylation sites (N-methyl/N-ethyl adjacent to an activating group) is 1. The van der Waals surface area contributed by atoms with Crippen molar-refractivity contribution < 1.29 is 31.9 Å². The van der Waals surface area contributed by atoms with Crippen LogP contribution in [0.4, 0.5) is 22.4 Å². The molecule has 1 atom stereocenters. The second-order valence-corrected chi connectivity index (χ2v) is 8.42. The van der Waals surface area contributed by atoms with Crippen molar-refractivity contribution in [3.63, 3.8) is 0 Å². The number of fused-ring (bicyclic) bond motifs is 1. The summed E-state index contributed by atoms with van der Waals surface area (Å²) in [6.45, 7) is -0.485. The van der Waals surface area contributed by atoms with Crippen LogP contribution < -0.4 is 5.32 Å². The van der Waals surface area contributed by atoms with Crippen molar-refractivity contribution in [3.05, 3.63) is 71.0 Å². The molecule has 0 bridgehead atoms. The van der Waals surface area contributed by atoms with E-state index >= 15 is 0 Å². The van der Waals surface area contributed by atoms with Crippen LogP contribution in [-0.2, 0) is 28.9 Å². The molecule has 8 nitrogen and oxygen atoms in total. The summed E-state index contributed by atoms with van der Waals surface area (Å²) in [5.41, 5.74) is 0.122. The summed E-state index contributed by atoms with van der Waals surface area (Å²) < 4.78 is 52.4. The molecular weight excluding hydrogens is 470 g/mol. The number of piperazine rings is 1. The number of hydrogen-bond acceptors (Lipinski definition) is 4. The van der Waals surface area contributed by atoms with Crippen molar-refractivity contribution in [2.75, 3.05) is 26.7 Å². The molecule has 2 aliphatic heterocycles. The maximum absolute atomic E-state index is 13.1.